The molecule has 0 radical (unpaired) electrons. The van der Waals surface area contributed by atoms with E-state index in [9.17, 15) is 4.79 Å². The molecule has 144 valence electrons. The number of fused-ring (bicyclic) bond motifs is 1. The normalized spacial score (nSPS) is 14.3. The van der Waals surface area contributed by atoms with Gasteiger partial charge in [0.2, 0.25) is 0 Å². The molecule has 0 heterocycles. The van der Waals surface area contributed by atoms with Crippen LogP contribution in [0.4, 0.5) is 0 Å². The van der Waals surface area contributed by atoms with E-state index in [1.807, 2.05) is 32.0 Å². The lowest BCUT2D eigenvalue weighted by atomic mass is 9.89. The standard InChI is InChI=1S/C23H29NO3/c1-3-26-13-14-27-22-10-6-9-21(16-22)23(25)24-17(2)19-12-11-18-7-4-5-8-20(18)15-19/h6,9-12,15-17H,3-5,7-8,13-14H2,1-2H3,(H,24,25). The van der Waals surface area contributed by atoms with Gasteiger partial charge in [0.05, 0.1) is 12.6 Å². The van der Waals surface area contributed by atoms with Crippen LogP contribution in [0.3, 0.4) is 0 Å². The molecule has 1 unspecified atom stereocenters. The number of rotatable bonds is 8. The van der Waals surface area contributed by atoms with E-state index in [-0.39, 0.29) is 11.9 Å². The highest BCUT2D eigenvalue weighted by Gasteiger charge is 2.15. The Hall–Kier alpha value is -2.33. The molecule has 4 nitrogen and oxygen atoms in total. The Bertz CT molecular complexity index is 772. The van der Waals surface area contributed by atoms with Crippen molar-refractivity contribution in [2.24, 2.45) is 0 Å². The summed E-state index contributed by atoms with van der Waals surface area (Å²) in [5, 5.41) is 3.10. The molecule has 0 aromatic heterocycles. The number of hydrogen-bond acceptors (Lipinski definition) is 3. The second-order valence-electron chi connectivity index (χ2n) is 7.00. The van der Waals surface area contributed by atoms with E-state index < -0.39 is 0 Å². The molecular weight excluding hydrogens is 338 g/mol. The Balaban J connectivity index is 1.61. The van der Waals surface area contributed by atoms with E-state index in [0.717, 1.165) is 12.0 Å². The van der Waals surface area contributed by atoms with Crippen molar-refractivity contribution in [3.63, 3.8) is 0 Å². The van der Waals surface area contributed by atoms with Gasteiger partial charge in [0.15, 0.2) is 0 Å². The number of amides is 1. The zero-order valence-corrected chi connectivity index (χ0v) is 16.3. The van der Waals surface area contributed by atoms with E-state index in [1.54, 1.807) is 6.07 Å². The van der Waals surface area contributed by atoms with Crippen molar-refractivity contribution in [2.75, 3.05) is 19.8 Å². The van der Waals surface area contributed by atoms with Gasteiger partial charge < -0.3 is 14.8 Å². The second kappa shape index (κ2) is 9.56. The number of ether oxygens (including phenoxy) is 2. The van der Waals surface area contributed by atoms with Crippen LogP contribution in [0.2, 0.25) is 0 Å². The monoisotopic (exact) mass is 367 g/mol. The van der Waals surface area contributed by atoms with Crippen molar-refractivity contribution in [1.82, 2.24) is 5.32 Å². The maximum Gasteiger partial charge on any atom is 0.251 e. The fourth-order valence-corrected chi connectivity index (χ4v) is 3.48. The highest BCUT2D eigenvalue weighted by Crippen LogP contribution is 2.25. The predicted molar refractivity (Wildman–Crippen MR) is 107 cm³/mol. The third kappa shape index (κ3) is 5.33. The van der Waals surface area contributed by atoms with Crippen molar-refractivity contribution in [3.05, 3.63) is 64.7 Å². The average Bonchev–Trinajstić information content (AvgIpc) is 2.71. The first-order chi connectivity index (χ1) is 13.2. The van der Waals surface area contributed by atoms with Gasteiger partial charge in [-0.25, -0.2) is 0 Å². The summed E-state index contributed by atoms with van der Waals surface area (Å²) in [6, 6.07) is 13.9. The van der Waals surface area contributed by atoms with Gasteiger partial charge in [-0.1, -0.05) is 24.3 Å². The van der Waals surface area contributed by atoms with Gasteiger partial charge in [-0.3, -0.25) is 4.79 Å². The van der Waals surface area contributed by atoms with Gasteiger partial charge in [-0.2, -0.15) is 0 Å². The lowest BCUT2D eigenvalue weighted by molar-refractivity contribution is 0.0938. The summed E-state index contributed by atoms with van der Waals surface area (Å²) in [5.74, 6) is 0.597. The van der Waals surface area contributed by atoms with Crippen LogP contribution in [0.5, 0.6) is 5.75 Å². The summed E-state index contributed by atoms with van der Waals surface area (Å²) < 4.78 is 10.9. The van der Waals surface area contributed by atoms with Gasteiger partial charge in [0, 0.05) is 12.2 Å². The van der Waals surface area contributed by atoms with Crippen LogP contribution in [-0.4, -0.2) is 25.7 Å². The molecule has 3 rings (SSSR count). The highest BCUT2D eigenvalue weighted by atomic mass is 16.5. The van der Waals surface area contributed by atoms with Crippen LogP contribution in [-0.2, 0) is 17.6 Å². The SMILES string of the molecule is CCOCCOc1cccc(C(=O)NC(C)c2ccc3c(c2)CCCC3)c1. The fourth-order valence-electron chi connectivity index (χ4n) is 3.48. The largest absolute Gasteiger partial charge is 0.491 e. The highest BCUT2D eigenvalue weighted by molar-refractivity contribution is 5.94. The van der Waals surface area contributed by atoms with Gasteiger partial charge >= 0.3 is 0 Å². The summed E-state index contributed by atoms with van der Waals surface area (Å²) in [4.78, 5) is 12.7. The smallest absolute Gasteiger partial charge is 0.251 e. The fraction of sp³-hybridized carbons (Fsp3) is 0.435. The summed E-state index contributed by atoms with van der Waals surface area (Å²) in [7, 11) is 0. The van der Waals surface area contributed by atoms with Crippen molar-refractivity contribution < 1.29 is 14.3 Å². The van der Waals surface area contributed by atoms with Crippen LogP contribution >= 0.6 is 0 Å². The van der Waals surface area contributed by atoms with Gasteiger partial charge in [-0.15, -0.1) is 0 Å². The molecule has 27 heavy (non-hydrogen) atoms. The zero-order valence-electron chi connectivity index (χ0n) is 16.3. The second-order valence-corrected chi connectivity index (χ2v) is 7.00. The third-order valence-electron chi connectivity index (χ3n) is 5.02. The summed E-state index contributed by atoms with van der Waals surface area (Å²) in [6.07, 6.45) is 4.85. The number of hydrogen-bond donors (Lipinski definition) is 1. The Morgan fingerprint density at radius 2 is 1.89 bits per heavy atom. The summed E-state index contributed by atoms with van der Waals surface area (Å²) >= 11 is 0. The number of nitrogens with one attached hydrogen (secondary N) is 1. The van der Waals surface area contributed by atoms with Crippen LogP contribution in [0.15, 0.2) is 42.5 Å². The molecule has 1 aliphatic rings. The minimum Gasteiger partial charge on any atom is -0.491 e. The molecule has 2 aromatic carbocycles. The maximum atomic E-state index is 12.7. The topological polar surface area (TPSA) is 47.6 Å². The molecule has 0 aliphatic heterocycles. The molecule has 1 aliphatic carbocycles. The van der Waals surface area contributed by atoms with Crippen LogP contribution < -0.4 is 10.1 Å². The third-order valence-corrected chi connectivity index (χ3v) is 5.02. The average molecular weight is 367 g/mol. The van der Waals surface area contributed by atoms with E-state index >= 15 is 0 Å². The van der Waals surface area contributed by atoms with Crippen LogP contribution in [0.1, 0.15) is 59.8 Å². The summed E-state index contributed by atoms with van der Waals surface area (Å²) in [5.41, 5.74) is 4.66. The van der Waals surface area contributed by atoms with E-state index in [4.69, 9.17) is 9.47 Å². The minimum atomic E-state index is -0.0875. The van der Waals surface area contributed by atoms with Gasteiger partial charge in [-0.05, 0) is 74.4 Å². The Morgan fingerprint density at radius 3 is 2.70 bits per heavy atom. The maximum absolute atomic E-state index is 12.7. The quantitative estimate of drug-likeness (QED) is 0.700. The Labute approximate surface area is 161 Å². The number of carbonyl (C=O) groups excluding carboxylic acids is 1. The molecule has 2 aromatic rings. The first kappa shape index (κ1) is 19.4. The van der Waals surface area contributed by atoms with E-state index in [0.29, 0.717) is 31.1 Å². The first-order valence-corrected chi connectivity index (χ1v) is 9.90. The van der Waals surface area contributed by atoms with Crippen molar-refractivity contribution in [3.8, 4) is 5.75 Å². The van der Waals surface area contributed by atoms with Crippen molar-refractivity contribution >= 4 is 5.91 Å². The molecule has 1 N–H and O–H groups in total. The van der Waals surface area contributed by atoms with E-state index in [1.165, 1.54) is 30.4 Å². The van der Waals surface area contributed by atoms with Gasteiger partial charge in [0.1, 0.15) is 12.4 Å². The Kier molecular flexibility index (Phi) is 6.88. The molecule has 0 saturated heterocycles. The number of benzene rings is 2. The zero-order chi connectivity index (χ0) is 19.1. The number of aryl methyl sites for hydroxylation is 2. The lowest BCUT2D eigenvalue weighted by Gasteiger charge is -2.20. The van der Waals surface area contributed by atoms with Crippen molar-refractivity contribution in [2.45, 2.75) is 45.6 Å². The molecule has 0 spiro atoms. The van der Waals surface area contributed by atoms with E-state index in [2.05, 4.69) is 23.5 Å². The molecule has 0 bridgehead atoms. The molecule has 0 saturated carbocycles. The lowest BCUT2D eigenvalue weighted by Crippen LogP contribution is -2.26. The van der Waals surface area contributed by atoms with Crippen LogP contribution in [0.25, 0.3) is 0 Å². The minimum absolute atomic E-state index is 0.0349. The van der Waals surface area contributed by atoms with Crippen molar-refractivity contribution in [1.29, 1.82) is 0 Å². The first-order valence-electron chi connectivity index (χ1n) is 9.90. The van der Waals surface area contributed by atoms with Crippen LogP contribution in [0, 0.1) is 0 Å². The molecule has 0 fully saturated rings. The predicted octanol–water partition coefficient (Wildman–Crippen LogP) is 4.47. The number of carbonyl (C=O) groups is 1. The molecular formula is C23H29NO3. The van der Waals surface area contributed by atoms with Gasteiger partial charge in [0.25, 0.3) is 5.91 Å². The summed E-state index contributed by atoms with van der Waals surface area (Å²) in [6.45, 7) is 5.68. The Morgan fingerprint density at radius 1 is 1.07 bits per heavy atom. The molecule has 1 amide bonds. The molecule has 4 heteroatoms. The molecule has 1 atom stereocenters.